The number of aliphatic hydroxyl groups is 1. The summed E-state index contributed by atoms with van der Waals surface area (Å²) in [5.74, 6) is -0.517. The highest BCUT2D eigenvalue weighted by Crippen LogP contribution is 2.34. The molecule has 1 aromatic heterocycles. The largest absolute Gasteiger partial charge is 0.416 e. The molecule has 4 nitrogen and oxygen atoms in total. The lowest BCUT2D eigenvalue weighted by Gasteiger charge is -2.17. The molecule has 0 radical (unpaired) electrons. The first-order valence-electron chi connectivity index (χ1n) is 6.42. The molecule has 1 amide bonds. The molecule has 7 heteroatoms. The van der Waals surface area contributed by atoms with Crippen LogP contribution in [-0.2, 0) is 6.18 Å². The number of rotatable bonds is 4. The molecule has 22 heavy (non-hydrogen) atoms. The summed E-state index contributed by atoms with van der Waals surface area (Å²) < 4.78 is 38.6. The molecule has 0 aliphatic rings. The third kappa shape index (κ3) is 3.82. The molecule has 0 saturated heterocycles. The smallest absolute Gasteiger partial charge is 0.387 e. The Bertz CT molecular complexity index is 645. The van der Waals surface area contributed by atoms with Gasteiger partial charge in [0.2, 0.25) is 0 Å². The van der Waals surface area contributed by atoms with Crippen LogP contribution in [0.1, 0.15) is 27.6 Å². The number of hydrogen-bond acceptors (Lipinski definition) is 3. The summed E-state index contributed by atoms with van der Waals surface area (Å²) in [5.41, 5.74) is -0.932. The molecule has 0 unspecified atom stereocenters. The van der Waals surface area contributed by atoms with Crippen molar-refractivity contribution in [3.05, 3.63) is 65.5 Å². The fraction of sp³-hybridized carbons (Fsp3) is 0.200. The summed E-state index contributed by atoms with van der Waals surface area (Å²) in [4.78, 5) is 15.5. The molecule has 1 heterocycles. The van der Waals surface area contributed by atoms with Gasteiger partial charge in [-0.25, -0.2) is 0 Å². The van der Waals surface area contributed by atoms with Crippen LogP contribution in [0.25, 0.3) is 0 Å². The lowest BCUT2D eigenvalue weighted by molar-refractivity contribution is -0.139. The zero-order valence-corrected chi connectivity index (χ0v) is 11.3. The van der Waals surface area contributed by atoms with Gasteiger partial charge in [-0.1, -0.05) is 18.2 Å². The van der Waals surface area contributed by atoms with E-state index >= 15 is 0 Å². The van der Waals surface area contributed by atoms with Crippen LogP contribution in [-0.4, -0.2) is 22.5 Å². The second-order valence-corrected chi connectivity index (χ2v) is 4.55. The number of carbonyl (C=O) groups is 1. The Kier molecular flexibility index (Phi) is 4.77. The third-order valence-corrected chi connectivity index (χ3v) is 3.00. The van der Waals surface area contributed by atoms with E-state index in [9.17, 15) is 23.1 Å². The van der Waals surface area contributed by atoms with Crippen molar-refractivity contribution in [3.8, 4) is 0 Å². The molecule has 0 saturated carbocycles. The Morgan fingerprint density at radius 2 is 1.95 bits per heavy atom. The van der Waals surface area contributed by atoms with Crippen LogP contribution >= 0.6 is 0 Å². The van der Waals surface area contributed by atoms with Gasteiger partial charge < -0.3 is 10.4 Å². The molecule has 0 aliphatic carbocycles. The maximum absolute atomic E-state index is 12.9. The van der Waals surface area contributed by atoms with E-state index in [1.54, 1.807) is 6.07 Å². The number of aliphatic hydroxyl groups excluding tert-OH is 1. The van der Waals surface area contributed by atoms with Gasteiger partial charge in [-0.2, -0.15) is 13.2 Å². The van der Waals surface area contributed by atoms with Crippen LogP contribution in [0.5, 0.6) is 0 Å². The topological polar surface area (TPSA) is 62.2 Å². The maximum atomic E-state index is 12.9. The second kappa shape index (κ2) is 6.57. The van der Waals surface area contributed by atoms with Crippen molar-refractivity contribution >= 4 is 5.91 Å². The zero-order valence-electron chi connectivity index (χ0n) is 11.3. The number of benzene rings is 1. The predicted octanol–water partition coefficient (Wildman–Crippen LogP) is 2.56. The Morgan fingerprint density at radius 1 is 1.23 bits per heavy atom. The highest BCUT2D eigenvalue weighted by molar-refractivity contribution is 5.93. The normalized spacial score (nSPS) is 12.7. The van der Waals surface area contributed by atoms with Gasteiger partial charge in [0.05, 0.1) is 17.2 Å². The fourth-order valence-electron chi connectivity index (χ4n) is 1.94. The van der Waals surface area contributed by atoms with Crippen LogP contribution in [0.2, 0.25) is 0 Å². The van der Waals surface area contributed by atoms with Crippen LogP contribution in [0.4, 0.5) is 13.2 Å². The summed E-state index contributed by atoms with van der Waals surface area (Å²) in [6.45, 7) is -0.333. The number of amides is 1. The van der Waals surface area contributed by atoms with Crippen molar-refractivity contribution in [2.24, 2.45) is 0 Å². The SMILES string of the molecule is O=C(NC[C@H](O)c1ccccc1C(F)(F)F)c1cccnc1. The van der Waals surface area contributed by atoms with Gasteiger partial charge in [-0.3, -0.25) is 9.78 Å². The Hall–Kier alpha value is -2.41. The van der Waals surface area contributed by atoms with Gasteiger partial charge in [0, 0.05) is 18.9 Å². The number of nitrogens with zero attached hydrogens (tertiary/aromatic N) is 1. The number of alkyl halides is 3. The van der Waals surface area contributed by atoms with E-state index < -0.39 is 23.8 Å². The minimum absolute atomic E-state index is 0.263. The molecule has 116 valence electrons. The zero-order chi connectivity index (χ0) is 16.2. The second-order valence-electron chi connectivity index (χ2n) is 4.55. The monoisotopic (exact) mass is 310 g/mol. The Morgan fingerprint density at radius 3 is 2.59 bits per heavy atom. The van der Waals surface area contributed by atoms with Crippen molar-refractivity contribution in [2.75, 3.05) is 6.54 Å². The van der Waals surface area contributed by atoms with Crippen LogP contribution < -0.4 is 5.32 Å². The van der Waals surface area contributed by atoms with E-state index in [2.05, 4.69) is 10.3 Å². The highest BCUT2D eigenvalue weighted by Gasteiger charge is 2.34. The van der Waals surface area contributed by atoms with Gasteiger partial charge in [-0.05, 0) is 23.8 Å². The maximum Gasteiger partial charge on any atom is 0.416 e. The first kappa shape index (κ1) is 16.0. The van der Waals surface area contributed by atoms with Crippen LogP contribution in [0, 0.1) is 0 Å². The molecule has 0 fully saturated rings. The Labute approximate surface area is 124 Å². The standard InChI is InChI=1S/C15H13F3N2O2/c16-15(17,18)12-6-2-1-5-11(12)13(21)9-20-14(22)10-4-3-7-19-8-10/h1-8,13,21H,9H2,(H,20,22)/t13-/m0/s1. The van der Waals surface area contributed by atoms with Gasteiger partial charge >= 0.3 is 6.18 Å². The molecule has 2 aromatic rings. The average Bonchev–Trinajstić information content (AvgIpc) is 2.52. The van der Waals surface area contributed by atoms with E-state index in [0.29, 0.717) is 0 Å². The number of pyridine rings is 1. The number of carbonyl (C=O) groups excluding carboxylic acids is 1. The Balaban J connectivity index is 2.07. The fourth-order valence-corrected chi connectivity index (χ4v) is 1.94. The first-order valence-corrected chi connectivity index (χ1v) is 6.42. The molecule has 0 aliphatic heterocycles. The van der Waals surface area contributed by atoms with E-state index in [1.165, 1.54) is 36.7 Å². The highest BCUT2D eigenvalue weighted by atomic mass is 19.4. The summed E-state index contributed by atoms with van der Waals surface area (Å²) in [6.07, 6.45) is -3.21. The molecule has 1 aromatic carbocycles. The molecule has 2 rings (SSSR count). The van der Waals surface area contributed by atoms with Crippen molar-refractivity contribution in [1.29, 1.82) is 0 Å². The molecule has 0 spiro atoms. The minimum Gasteiger partial charge on any atom is -0.387 e. The number of halogens is 3. The van der Waals surface area contributed by atoms with E-state index in [-0.39, 0.29) is 17.7 Å². The summed E-state index contributed by atoms with van der Waals surface area (Å²) in [6, 6.07) is 7.79. The van der Waals surface area contributed by atoms with Gasteiger partial charge in [0.25, 0.3) is 5.91 Å². The molecular weight excluding hydrogens is 297 g/mol. The number of aromatic nitrogens is 1. The van der Waals surface area contributed by atoms with Crippen molar-refractivity contribution in [2.45, 2.75) is 12.3 Å². The number of hydrogen-bond donors (Lipinski definition) is 2. The lowest BCUT2D eigenvalue weighted by Crippen LogP contribution is -2.29. The van der Waals surface area contributed by atoms with Crippen molar-refractivity contribution in [3.63, 3.8) is 0 Å². The summed E-state index contributed by atoms with van der Waals surface area (Å²) in [5, 5.41) is 12.3. The molecular formula is C15H13F3N2O2. The van der Waals surface area contributed by atoms with Crippen molar-refractivity contribution in [1.82, 2.24) is 10.3 Å². The summed E-state index contributed by atoms with van der Waals surface area (Å²) >= 11 is 0. The molecule has 2 N–H and O–H groups in total. The average molecular weight is 310 g/mol. The van der Waals surface area contributed by atoms with Crippen LogP contribution in [0.3, 0.4) is 0 Å². The van der Waals surface area contributed by atoms with Gasteiger partial charge in [0.1, 0.15) is 0 Å². The minimum atomic E-state index is -4.56. The predicted molar refractivity (Wildman–Crippen MR) is 73.0 cm³/mol. The third-order valence-electron chi connectivity index (χ3n) is 3.00. The molecule has 0 bridgehead atoms. The summed E-state index contributed by atoms with van der Waals surface area (Å²) in [7, 11) is 0. The van der Waals surface area contributed by atoms with Crippen molar-refractivity contribution < 1.29 is 23.1 Å². The molecule has 1 atom stereocenters. The van der Waals surface area contributed by atoms with Gasteiger partial charge in [0.15, 0.2) is 0 Å². The van der Waals surface area contributed by atoms with E-state index in [4.69, 9.17) is 0 Å². The number of nitrogens with one attached hydrogen (secondary N) is 1. The van der Waals surface area contributed by atoms with E-state index in [1.807, 2.05) is 0 Å². The lowest BCUT2D eigenvalue weighted by atomic mass is 10.0. The van der Waals surface area contributed by atoms with E-state index in [0.717, 1.165) is 6.07 Å². The first-order chi connectivity index (χ1) is 10.4. The van der Waals surface area contributed by atoms with Crippen LogP contribution in [0.15, 0.2) is 48.8 Å². The van der Waals surface area contributed by atoms with Gasteiger partial charge in [-0.15, -0.1) is 0 Å². The quantitative estimate of drug-likeness (QED) is 0.912.